The van der Waals surface area contributed by atoms with Crippen molar-refractivity contribution in [2.24, 2.45) is 23.7 Å². The topological polar surface area (TPSA) is 18.5 Å². The number of halogens is 2. The van der Waals surface area contributed by atoms with Crippen LogP contribution in [0.4, 0.5) is 8.78 Å². The van der Waals surface area contributed by atoms with Gasteiger partial charge in [0.25, 0.3) is 0 Å². The van der Waals surface area contributed by atoms with E-state index >= 15 is 0 Å². The molecule has 0 aliphatic heterocycles. The average Bonchev–Trinajstić information content (AvgIpc) is 2.81. The summed E-state index contributed by atoms with van der Waals surface area (Å²) in [5.74, 6) is 0.778. The predicted molar refractivity (Wildman–Crippen MR) is 127 cm³/mol. The Kier molecular flexibility index (Phi) is 10.1. The normalized spacial score (nSPS) is 26.6. The lowest BCUT2D eigenvalue weighted by Gasteiger charge is -2.28. The Labute approximate surface area is 193 Å². The summed E-state index contributed by atoms with van der Waals surface area (Å²) in [6.07, 6.45) is 21.8. The first-order chi connectivity index (χ1) is 15.6. The minimum absolute atomic E-state index is 0.0158. The molecule has 0 radical (unpaired) electrons. The molecular weight excluding hydrogens is 406 g/mol. The van der Waals surface area contributed by atoms with Gasteiger partial charge in [0, 0.05) is 0 Å². The van der Waals surface area contributed by atoms with Crippen molar-refractivity contribution in [2.45, 2.75) is 78.1 Å². The molecule has 0 unspecified atom stereocenters. The van der Waals surface area contributed by atoms with Gasteiger partial charge in [0.15, 0.2) is 11.5 Å². The number of rotatable bonds is 10. The zero-order valence-corrected chi connectivity index (χ0v) is 19.8. The van der Waals surface area contributed by atoms with Gasteiger partial charge in [-0.05, 0) is 101 Å². The quantitative estimate of drug-likeness (QED) is 0.337. The molecule has 2 aliphatic rings. The fraction of sp³-hybridized carbons (Fsp3) is 0.643. The second-order valence-electron chi connectivity index (χ2n) is 9.53. The second kappa shape index (κ2) is 13.0. The monoisotopic (exact) mass is 446 g/mol. The molecule has 2 nitrogen and oxygen atoms in total. The zero-order chi connectivity index (χ0) is 22.8. The lowest BCUT2D eigenvalue weighted by atomic mass is 9.80. The van der Waals surface area contributed by atoms with Gasteiger partial charge in [-0.2, -0.15) is 8.78 Å². The van der Waals surface area contributed by atoms with E-state index in [9.17, 15) is 8.78 Å². The van der Waals surface area contributed by atoms with Crippen molar-refractivity contribution in [2.75, 3.05) is 13.2 Å². The lowest BCUT2D eigenvalue weighted by Crippen LogP contribution is -2.20. The van der Waals surface area contributed by atoms with Gasteiger partial charge < -0.3 is 9.47 Å². The van der Waals surface area contributed by atoms with Crippen LogP contribution >= 0.6 is 0 Å². The summed E-state index contributed by atoms with van der Waals surface area (Å²) >= 11 is 0. The fourth-order valence-electron chi connectivity index (χ4n) is 5.21. The van der Waals surface area contributed by atoms with E-state index in [4.69, 9.17) is 9.47 Å². The summed E-state index contributed by atoms with van der Waals surface area (Å²) in [6.45, 7) is 4.61. The minimum Gasteiger partial charge on any atom is -0.491 e. The van der Waals surface area contributed by atoms with Crippen molar-refractivity contribution in [3.8, 4) is 11.5 Å². The van der Waals surface area contributed by atoms with Crippen LogP contribution in [0.1, 0.15) is 78.1 Å². The average molecular weight is 447 g/mol. The van der Waals surface area contributed by atoms with E-state index in [-0.39, 0.29) is 11.5 Å². The zero-order valence-electron chi connectivity index (χ0n) is 19.8. The van der Waals surface area contributed by atoms with Crippen molar-refractivity contribution in [3.63, 3.8) is 0 Å². The van der Waals surface area contributed by atoms with E-state index in [2.05, 4.69) is 31.2 Å². The first-order valence-electron chi connectivity index (χ1n) is 12.6. The third-order valence-electron chi connectivity index (χ3n) is 7.18. The van der Waals surface area contributed by atoms with Gasteiger partial charge in [0.05, 0.1) is 13.2 Å². The fourth-order valence-corrected chi connectivity index (χ4v) is 5.21. The van der Waals surface area contributed by atoms with Gasteiger partial charge in [-0.15, -0.1) is 0 Å². The lowest BCUT2D eigenvalue weighted by molar-refractivity contribution is 0.173. The molecule has 2 saturated carbocycles. The number of allylic oxidation sites excluding steroid dienone is 4. The van der Waals surface area contributed by atoms with Crippen LogP contribution in [0.25, 0.3) is 0 Å². The maximum Gasteiger partial charge on any atom is 0.204 e. The van der Waals surface area contributed by atoms with Gasteiger partial charge in [-0.3, -0.25) is 0 Å². The molecule has 0 spiro atoms. The molecule has 3 rings (SSSR count). The Hall–Kier alpha value is -1.84. The van der Waals surface area contributed by atoms with Crippen LogP contribution in [0, 0.1) is 35.3 Å². The molecule has 178 valence electrons. The van der Waals surface area contributed by atoms with E-state index in [0.29, 0.717) is 19.1 Å². The molecule has 2 aliphatic carbocycles. The molecule has 0 saturated heterocycles. The van der Waals surface area contributed by atoms with Crippen LogP contribution in [0.2, 0.25) is 0 Å². The minimum atomic E-state index is -0.966. The Balaban J connectivity index is 1.31. The van der Waals surface area contributed by atoms with E-state index in [1.807, 2.05) is 0 Å². The Bertz CT molecular complexity index is 742. The number of benzene rings is 1. The summed E-state index contributed by atoms with van der Waals surface area (Å²) in [5.41, 5.74) is 0. The highest BCUT2D eigenvalue weighted by Crippen LogP contribution is 2.34. The molecule has 4 heteroatoms. The summed E-state index contributed by atoms with van der Waals surface area (Å²) in [7, 11) is 0. The number of hydrogen-bond acceptors (Lipinski definition) is 2. The second-order valence-corrected chi connectivity index (χ2v) is 9.53. The predicted octanol–water partition coefficient (Wildman–Crippen LogP) is 8.27. The molecule has 0 heterocycles. The Morgan fingerprint density at radius 1 is 0.812 bits per heavy atom. The highest BCUT2D eigenvalue weighted by Gasteiger charge is 2.23. The molecule has 0 aromatic heterocycles. The van der Waals surface area contributed by atoms with E-state index < -0.39 is 11.6 Å². The maximum absolute atomic E-state index is 14.2. The smallest absolute Gasteiger partial charge is 0.204 e. The largest absolute Gasteiger partial charge is 0.491 e. The third-order valence-corrected chi connectivity index (χ3v) is 7.18. The van der Waals surface area contributed by atoms with E-state index in [1.165, 1.54) is 63.5 Å². The standard InChI is InChI=1S/C28H40F2O2/c1-3-7-21-10-12-22(13-11-21)8-5-6-9-23-14-16-24(17-15-23)20-32-26-19-18-25(31-4-2)27(29)28(26)30/h3,5,7-8,18-19,21-24H,4,6,9-17,20H2,1-2H3/b7-3+,8-5+. The van der Waals surface area contributed by atoms with Crippen LogP contribution in [0.5, 0.6) is 11.5 Å². The van der Waals surface area contributed by atoms with Gasteiger partial charge in [-0.1, -0.05) is 37.1 Å². The van der Waals surface area contributed by atoms with Crippen molar-refractivity contribution < 1.29 is 18.3 Å². The van der Waals surface area contributed by atoms with Crippen LogP contribution in [-0.2, 0) is 0 Å². The van der Waals surface area contributed by atoms with Gasteiger partial charge in [-0.25, -0.2) is 0 Å². The highest BCUT2D eigenvalue weighted by atomic mass is 19.2. The van der Waals surface area contributed by atoms with Crippen LogP contribution in [0.15, 0.2) is 36.4 Å². The molecule has 2 fully saturated rings. The molecule has 32 heavy (non-hydrogen) atoms. The molecular formula is C28H40F2O2. The first kappa shape index (κ1) is 24.8. The van der Waals surface area contributed by atoms with Gasteiger partial charge in [0.1, 0.15) is 0 Å². The molecule has 1 aromatic carbocycles. The summed E-state index contributed by atoms with van der Waals surface area (Å²) < 4.78 is 38.9. The SMILES string of the molecule is C/C=C/C1CCC(/C=C/CCC2CCC(COc3ccc(OCC)c(F)c3F)CC2)CC1. The molecule has 1 aromatic rings. The highest BCUT2D eigenvalue weighted by molar-refractivity contribution is 5.35. The molecule has 0 amide bonds. The van der Waals surface area contributed by atoms with Gasteiger partial charge >= 0.3 is 0 Å². The van der Waals surface area contributed by atoms with Crippen molar-refractivity contribution in [1.29, 1.82) is 0 Å². The Morgan fingerprint density at radius 3 is 1.97 bits per heavy atom. The van der Waals surface area contributed by atoms with Crippen LogP contribution < -0.4 is 9.47 Å². The van der Waals surface area contributed by atoms with Crippen molar-refractivity contribution >= 4 is 0 Å². The van der Waals surface area contributed by atoms with Crippen LogP contribution in [0.3, 0.4) is 0 Å². The van der Waals surface area contributed by atoms with Crippen molar-refractivity contribution in [1.82, 2.24) is 0 Å². The first-order valence-corrected chi connectivity index (χ1v) is 12.6. The Morgan fingerprint density at radius 2 is 1.38 bits per heavy atom. The summed E-state index contributed by atoms with van der Waals surface area (Å²) in [6, 6.07) is 2.91. The third kappa shape index (κ3) is 7.35. The van der Waals surface area contributed by atoms with E-state index in [0.717, 1.165) is 30.6 Å². The van der Waals surface area contributed by atoms with Gasteiger partial charge in [0.2, 0.25) is 11.6 Å². The van der Waals surface area contributed by atoms with Crippen LogP contribution in [-0.4, -0.2) is 13.2 Å². The molecule has 0 bridgehead atoms. The molecule has 0 atom stereocenters. The van der Waals surface area contributed by atoms with Crippen molar-refractivity contribution in [3.05, 3.63) is 48.1 Å². The number of hydrogen-bond donors (Lipinski definition) is 0. The van der Waals surface area contributed by atoms with E-state index in [1.54, 1.807) is 6.92 Å². The number of ether oxygens (including phenoxy) is 2. The molecule has 0 N–H and O–H groups in total. The summed E-state index contributed by atoms with van der Waals surface area (Å²) in [5, 5.41) is 0. The summed E-state index contributed by atoms with van der Waals surface area (Å²) in [4.78, 5) is 0. The maximum atomic E-state index is 14.2.